The first-order chi connectivity index (χ1) is 38.4. The lowest BCUT2D eigenvalue weighted by molar-refractivity contribution is -0.142. The fourth-order valence-electron chi connectivity index (χ4n) is 8.93. The summed E-state index contributed by atoms with van der Waals surface area (Å²) in [5.74, 6) is -16.1. The number of carboxylic acids is 5. The van der Waals surface area contributed by atoms with Crippen molar-refractivity contribution < 1.29 is 102 Å². The number of thioether (sulfide) groups is 1. The highest BCUT2D eigenvalue weighted by atomic mass is 32.2. The number of carboxylic acid groups (broad SMARTS) is 5. The Hall–Kier alpha value is -6.68. The van der Waals surface area contributed by atoms with Crippen molar-refractivity contribution in [3.8, 4) is 0 Å². The average molecular weight is 1190 g/mol. The largest absolute Gasteiger partial charge is 0.481 e. The second-order valence-electron chi connectivity index (χ2n) is 21.3. The van der Waals surface area contributed by atoms with Gasteiger partial charge in [0.1, 0.15) is 18.4 Å². The zero-order valence-corrected chi connectivity index (χ0v) is 48.3. The van der Waals surface area contributed by atoms with Crippen LogP contribution in [0.4, 0.5) is 0 Å². The average Bonchev–Trinajstić information content (AvgIpc) is 4.00. The molecule has 1 aliphatic heterocycles. The monoisotopic (exact) mass is 1180 g/mol. The van der Waals surface area contributed by atoms with Gasteiger partial charge in [0.25, 0.3) is 0 Å². The van der Waals surface area contributed by atoms with Gasteiger partial charge in [0.2, 0.25) is 29.5 Å². The molecule has 82 heavy (non-hydrogen) atoms. The van der Waals surface area contributed by atoms with Crippen molar-refractivity contribution in [3.05, 3.63) is 0 Å². The maximum Gasteiger partial charge on any atom is 0.303 e. The van der Waals surface area contributed by atoms with Crippen molar-refractivity contribution in [2.45, 2.75) is 192 Å². The van der Waals surface area contributed by atoms with Gasteiger partial charge in [-0.05, 0) is 75.9 Å². The first-order valence-corrected chi connectivity index (χ1v) is 28.9. The summed E-state index contributed by atoms with van der Waals surface area (Å²) in [4.78, 5) is 192. The first-order valence-electron chi connectivity index (χ1n) is 27.5. The topological polar surface area (TPSA) is 444 Å². The Morgan fingerprint density at radius 2 is 1.01 bits per heavy atom. The summed E-state index contributed by atoms with van der Waals surface area (Å²) >= 11 is 1.40. The van der Waals surface area contributed by atoms with Crippen molar-refractivity contribution in [1.29, 1.82) is 0 Å². The smallest absolute Gasteiger partial charge is 0.303 e. The van der Waals surface area contributed by atoms with Gasteiger partial charge in [-0.1, -0.05) is 27.7 Å². The molecule has 0 spiro atoms. The van der Waals surface area contributed by atoms with E-state index in [0.717, 1.165) is 0 Å². The maximum absolute atomic E-state index is 13.8. The number of likely N-dealkylation sites (tertiary alicyclic amines) is 1. The molecule has 0 aromatic carbocycles. The summed E-state index contributed by atoms with van der Waals surface area (Å²) in [5, 5.41) is 56.8. The molecule has 5 amide bonds. The van der Waals surface area contributed by atoms with Crippen LogP contribution in [-0.2, 0) is 76.7 Å². The van der Waals surface area contributed by atoms with E-state index in [-0.39, 0.29) is 82.1 Å². The summed E-state index contributed by atoms with van der Waals surface area (Å²) in [6.45, 7) is 6.98. The fraction of sp³-hybridized carbons (Fsp3) is 0.722. The van der Waals surface area contributed by atoms with E-state index in [4.69, 9.17) is 15.6 Å². The predicted octanol–water partition coefficient (Wildman–Crippen LogP) is 1.46. The molecule has 1 heterocycles. The van der Waals surface area contributed by atoms with Crippen LogP contribution in [0.25, 0.3) is 0 Å². The fourth-order valence-corrected chi connectivity index (χ4v) is 9.53. The number of nitrogens with zero attached hydrogens (tertiary/aromatic N) is 1. The Morgan fingerprint density at radius 3 is 1.51 bits per heavy atom. The lowest BCUT2D eigenvalue weighted by Gasteiger charge is -2.27. The molecule has 1 fully saturated rings. The highest BCUT2D eigenvalue weighted by molar-refractivity contribution is 7.98. The van der Waals surface area contributed by atoms with Crippen LogP contribution >= 0.6 is 11.8 Å². The van der Waals surface area contributed by atoms with Crippen molar-refractivity contribution in [1.82, 2.24) is 26.2 Å². The minimum absolute atomic E-state index is 0.0385. The number of nitrogens with two attached hydrogens (primary N) is 1. The van der Waals surface area contributed by atoms with Crippen LogP contribution < -0.4 is 27.0 Å². The highest BCUT2D eigenvalue weighted by Gasteiger charge is 2.37. The minimum atomic E-state index is -1.69. The summed E-state index contributed by atoms with van der Waals surface area (Å²) in [5.41, 5.74) is 5.80. The number of nitrogens with one attached hydrogen (secondary N) is 4. The van der Waals surface area contributed by atoms with E-state index in [1.165, 1.54) is 16.7 Å². The van der Waals surface area contributed by atoms with E-state index < -0.39 is 208 Å². The van der Waals surface area contributed by atoms with Gasteiger partial charge < -0.3 is 62.2 Å². The lowest BCUT2D eigenvalue weighted by atomic mass is 9.89. The SMILES string of the molecule is CSC[C@H](NC(=O)CCC(=O)[C@H](CC(C)C)NC(=O)[C@@H]1CCCN1C(=O)COCCCC(=O)[C@@H](CCC(=O)O)NC(=O)[C@@H](CCC(=O)O)CC(=O)[C@@H](CCC(=O)O)NC(=O)[C@@H](CCC(=O)O)CC(=O)[C@H](N)CCC(=O)O)C(=O)CC(C)C. The summed E-state index contributed by atoms with van der Waals surface area (Å²) in [7, 11) is 0. The summed E-state index contributed by atoms with van der Waals surface area (Å²) in [6.07, 6.45) is -4.76. The zero-order valence-electron chi connectivity index (χ0n) is 47.4. The Morgan fingerprint density at radius 1 is 0.537 bits per heavy atom. The number of hydrogen-bond acceptors (Lipinski definition) is 18. The summed E-state index contributed by atoms with van der Waals surface area (Å²) < 4.78 is 5.56. The molecule has 0 bridgehead atoms. The molecule has 28 heteroatoms. The third-order valence-corrected chi connectivity index (χ3v) is 14.0. The third-order valence-electron chi connectivity index (χ3n) is 13.3. The minimum Gasteiger partial charge on any atom is -0.481 e. The molecule has 0 radical (unpaired) electrons. The van der Waals surface area contributed by atoms with E-state index in [0.29, 0.717) is 12.2 Å². The van der Waals surface area contributed by atoms with Crippen molar-refractivity contribution >= 4 is 100 Å². The quantitative estimate of drug-likeness (QED) is 0.0386. The van der Waals surface area contributed by atoms with Gasteiger partial charge in [-0.25, -0.2) is 0 Å². The molecule has 11 N–H and O–H groups in total. The number of ether oxygens (including phenoxy) is 1. The van der Waals surface area contributed by atoms with Crippen molar-refractivity contribution in [2.24, 2.45) is 29.4 Å². The molecule has 0 unspecified atom stereocenters. The zero-order chi connectivity index (χ0) is 62.2. The van der Waals surface area contributed by atoms with Crippen LogP contribution in [0, 0.1) is 23.7 Å². The normalized spacial score (nSPS) is 15.7. The molecule has 1 rings (SSSR count). The Bertz CT molecular complexity index is 2260. The second kappa shape index (κ2) is 38.9. The molecule has 0 aromatic rings. The number of ketones is 5. The van der Waals surface area contributed by atoms with E-state index in [9.17, 15) is 92.3 Å². The van der Waals surface area contributed by atoms with E-state index in [1.807, 2.05) is 34.0 Å². The van der Waals surface area contributed by atoms with Crippen molar-refractivity contribution in [3.63, 3.8) is 0 Å². The second-order valence-corrected chi connectivity index (χ2v) is 22.2. The molecule has 0 aliphatic carbocycles. The third kappa shape index (κ3) is 30.4. The van der Waals surface area contributed by atoms with Crippen molar-refractivity contribution in [2.75, 3.05) is 31.8 Å². The number of Topliss-reactive ketones (excluding diaryl/α,β-unsaturated/α-hetero) is 5. The molecule has 1 saturated heterocycles. The predicted molar refractivity (Wildman–Crippen MR) is 293 cm³/mol. The number of amides is 5. The highest BCUT2D eigenvalue weighted by Crippen LogP contribution is 2.22. The van der Waals surface area contributed by atoms with E-state index in [1.54, 1.807) is 0 Å². The molecule has 27 nitrogen and oxygen atoms in total. The Kier molecular flexibility index (Phi) is 34.8. The van der Waals surface area contributed by atoms with Crippen LogP contribution in [0.1, 0.15) is 156 Å². The van der Waals surface area contributed by atoms with Crippen LogP contribution in [0.5, 0.6) is 0 Å². The van der Waals surface area contributed by atoms with Gasteiger partial charge in [-0.2, -0.15) is 11.8 Å². The number of carbonyl (C=O) groups is 15. The van der Waals surface area contributed by atoms with Crippen LogP contribution in [0.3, 0.4) is 0 Å². The molecule has 462 valence electrons. The molecule has 0 aromatic heterocycles. The number of aliphatic carboxylic acids is 5. The summed E-state index contributed by atoms with van der Waals surface area (Å²) in [6, 6.07) is -7.15. The number of hydrogen-bond donors (Lipinski definition) is 10. The van der Waals surface area contributed by atoms with E-state index >= 15 is 0 Å². The van der Waals surface area contributed by atoms with Crippen LogP contribution in [0.2, 0.25) is 0 Å². The van der Waals surface area contributed by atoms with Gasteiger partial charge in [0.15, 0.2) is 23.1 Å². The maximum atomic E-state index is 13.8. The molecule has 1 aliphatic rings. The first kappa shape index (κ1) is 73.3. The molecule has 8 atom stereocenters. The molecular formula is C54H84N6O21S. The van der Waals surface area contributed by atoms with Gasteiger partial charge in [-0.3, -0.25) is 71.9 Å². The van der Waals surface area contributed by atoms with Gasteiger partial charge in [0.05, 0.1) is 30.2 Å². The Balaban J connectivity index is 3.10. The van der Waals surface area contributed by atoms with Crippen LogP contribution in [0.15, 0.2) is 0 Å². The Labute approximate surface area is 480 Å². The molecular weight excluding hydrogens is 1100 g/mol. The molecule has 0 saturated carbocycles. The van der Waals surface area contributed by atoms with Gasteiger partial charge in [0, 0.05) is 101 Å². The van der Waals surface area contributed by atoms with E-state index in [2.05, 4.69) is 21.3 Å². The van der Waals surface area contributed by atoms with Crippen LogP contribution in [-0.4, -0.2) is 187 Å². The number of carbonyl (C=O) groups excluding carboxylic acids is 10. The van der Waals surface area contributed by atoms with Gasteiger partial charge >= 0.3 is 29.8 Å². The van der Waals surface area contributed by atoms with Gasteiger partial charge in [-0.15, -0.1) is 0 Å². The standard InChI is InChI=1S/C54H84N6O21S/c1-30(2)24-37(41(62)15-16-45(66)56-38(29-82-5)43(64)25-31(3)4)59-54(80)39-8-6-22-60(39)46(67)28-81-23-7-9-40(61)35(13-20-50(74)75)57-53(79)33(11-18-48(70)71)27-44(65)36(14-21-51(76)77)58-52(78)32(10-17-47(68)69)26-42(63)34(55)12-19-49(72)73/h30-39H,6-29,55H2,1-5H3,(H,56,66)(H,57,79)(H,58,78)(H,59,80)(H,68,69)(H,70,71)(H,72,73)(H,74,75)(H,76,77)/t32-,33-,34+,35+,36+,37-,38-,39-/m0/s1. The lowest BCUT2D eigenvalue weighted by Crippen LogP contribution is -2.52. The number of rotatable bonds is 46.